The topological polar surface area (TPSA) is 116 Å². The maximum absolute atomic E-state index is 12.4. The maximum atomic E-state index is 12.4. The van der Waals surface area contributed by atoms with Gasteiger partial charge >= 0.3 is 5.97 Å². The fourth-order valence-electron chi connectivity index (χ4n) is 2.47. The Morgan fingerprint density at radius 3 is 2.77 bits per heavy atom. The molecule has 0 aliphatic carbocycles. The van der Waals surface area contributed by atoms with Crippen molar-refractivity contribution < 1.29 is 14.3 Å². The van der Waals surface area contributed by atoms with E-state index in [-0.39, 0.29) is 17.5 Å². The summed E-state index contributed by atoms with van der Waals surface area (Å²) in [5.74, 6) is 0.388. The molecular formula is C20H24N4O4S2. The number of methoxy groups -OCH3 is 1. The first-order chi connectivity index (χ1) is 14.4. The number of nitrogen functional groups attached to an aromatic ring is 1. The van der Waals surface area contributed by atoms with Crippen LogP contribution in [0.4, 0.5) is 5.82 Å². The van der Waals surface area contributed by atoms with Crippen molar-refractivity contribution in [3.63, 3.8) is 0 Å². The number of nitrogens with zero attached hydrogens (tertiary/aromatic N) is 2. The van der Waals surface area contributed by atoms with E-state index in [4.69, 9.17) is 10.5 Å². The quantitative estimate of drug-likeness (QED) is 0.231. The van der Waals surface area contributed by atoms with Crippen LogP contribution in [-0.4, -0.2) is 46.1 Å². The molecule has 0 aliphatic rings. The van der Waals surface area contributed by atoms with Crippen molar-refractivity contribution in [3.8, 4) is 0 Å². The molecule has 1 aromatic carbocycles. The van der Waals surface area contributed by atoms with Crippen LogP contribution in [0.1, 0.15) is 5.56 Å². The predicted octanol–water partition coefficient (Wildman–Crippen LogP) is 1.69. The minimum atomic E-state index is -0.777. The molecule has 2 aromatic rings. The normalized spacial score (nSPS) is 11.5. The van der Waals surface area contributed by atoms with Gasteiger partial charge in [-0.05, 0) is 5.56 Å². The Kier molecular flexibility index (Phi) is 9.49. The van der Waals surface area contributed by atoms with Crippen molar-refractivity contribution in [1.82, 2.24) is 14.9 Å². The Balaban J connectivity index is 1.95. The number of hydrogen-bond acceptors (Lipinski definition) is 8. The molecular weight excluding hydrogens is 424 g/mol. The van der Waals surface area contributed by atoms with E-state index >= 15 is 0 Å². The molecule has 8 nitrogen and oxygen atoms in total. The van der Waals surface area contributed by atoms with Gasteiger partial charge in [-0.3, -0.25) is 9.59 Å². The molecule has 0 fully saturated rings. The van der Waals surface area contributed by atoms with Gasteiger partial charge in [0, 0.05) is 24.1 Å². The zero-order chi connectivity index (χ0) is 21.9. The number of carbonyl (C=O) groups excluding carboxylic acids is 2. The molecule has 30 heavy (non-hydrogen) atoms. The number of anilines is 1. The summed E-state index contributed by atoms with van der Waals surface area (Å²) < 4.78 is 6.39. The van der Waals surface area contributed by atoms with Gasteiger partial charge in [-0.15, -0.1) is 6.58 Å². The highest BCUT2D eigenvalue weighted by atomic mass is 32.2. The summed E-state index contributed by atoms with van der Waals surface area (Å²) in [5.41, 5.74) is 6.49. The summed E-state index contributed by atoms with van der Waals surface area (Å²) in [7, 11) is 1.28. The minimum Gasteiger partial charge on any atom is -0.467 e. The van der Waals surface area contributed by atoms with Crippen molar-refractivity contribution in [1.29, 1.82) is 0 Å². The van der Waals surface area contributed by atoms with Crippen molar-refractivity contribution >= 4 is 41.2 Å². The zero-order valence-corrected chi connectivity index (χ0v) is 18.2. The van der Waals surface area contributed by atoms with Gasteiger partial charge in [0.2, 0.25) is 5.91 Å². The van der Waals surface area contributed by atoms with Crippen molar-refractivity contribution in [2.75, 3.05) is 24.3 Å². The molecule has 3 N–H and O–H groups in total. The van der Waals surface area contributed by atoms with Gasteiger partial charge in [0.15, 0.2) is 5.16 Å². The number of nitrogens with one attached hydrogen (secondary N) is 1. The lowest BCUT2D eigenvalue weighted by Crippen LogP contribution is -2.44. The van der Waals surface area contributed by atoms with E-state index in [1.54, 1.807) is 10.6 Å². The van der Waals surface area contributed by atoms with Crippen LogP contribution < -0.4 is 16.6 Å². The molecule has 1 amide bonds. The second kappa shape index (κ2) is 12.1. The number of benzene rings is 1. The highest BCUT2D eigenvalue weighted by Crippen LogP contribution is 2.18. The number of amides is 1. The van der Waals surface area contributed by atoms with Crippen LogP contribution in [0.25, 0.3) is 0 Å². The van der Waals surface area contributed by atoms with Crippen LogP contribution >= 0.6 is 23.5 Å². The number of thioether (sulfide) groups is 2. The van der Waals surface area contributed by atoms with Gasteiger partial charge in [0.1, 0.15) is 11.9 Å². The fourth-order valence-corrected chi connectivity index (χ4v) is 4.31. The van der Waals surface area contributed by atoms with Crippen LogP contribution in [-0.2, 0) is 26.6 Å². The molecule has 0 bridgehead atoms. The first-order valence-electron chi connectivity index (χ1n) is 9.04. The average Bonchev–Trinajstić information content (AvgIpc) is 2.73. The number of esters is 1. The maximum Gasteiger partial charge on any atom is 0.329 e. The van der Waals surface area contributed by atoms with Crippen molar-refractivity contribution in [2.45, 2.75) is 23.5 Å². The second-order valence-corrected chi connectivity index (χ2v) is 8.11. The van der Waals surface area contributed by atoms with Crippen LogP contribution in [0.2, 0.25) is 0 Å². The second-order valence-electron chi connectivity index (χ2n) is 6.13. The fraction of sp³-hybridized carbons (Fsp3) is 0.300. The van der Waals surface area contributed by atoms with Gasteiger partial charge in [0.05, 0.1) is 12.9 Å². The molecule has 0 radical (unpaired) electrons. The molecule has 0 saturated heterocycles. The monoisotopic (exact) mass is 448 g/mol. The molecule has 10 heteroatoms. The van der Waals surface area contributed by atoms with Gasteiger partial charge in [-0.1, -0.05) is 48.2 Å². The number of rotatable bonds is 11. The Labute approximate surface area is 183 Å². The van der Waals surface area contributed by atoms with Crippen molar-refractivity contribution in [2.24, 2.45) is 0 Å². The predicted molar refractivity (Wildman–Crippen MR) is 120 cm³/mol. The Morgan fingerprint density at radius 2 is 2.10 bits per heavy atom. The third-order valence-electron chi connectivity index (χ3n) is 3.88. The molecule has 1 atom stereocenters. The minimum absolute atomic E-state index is 0.0378. The third-order valence-corrected chi connectivity index (χ3v) is 5.96. The number of aromatic nitrogens is 2. The van der Waals surface area contributed by atoms with E-state index in [2.05, 4.69) is 16.9 Å². The lowest BCUT2D eigenvalue weighted by atomic mass is 10.2. The highest BCUT2D eigenvalue weighted by molar-refractivity contribution is 7.99. The van der Waals surface area contributed by atoms with E-state index in [0.29, 0.717) is 23.2 Å². The molecule has 1 heterocycles. The lowest BCUT2D eigenvalue weighted by molar-refractivity contribution is -0.144. The number of allylic oxidation sites excluding steroid dienone is 1. The van der Waals surface area contributed by atoms with Crippen LogP contribution in [0, 0.1) is 0 Å². The van der Waals surface area contributed by atoms with E-state index in [1.165, 1.54) is 24.9 Å². The van der Waals surface area contributed by atoms with Crippen LogP contribution in [0.5, 0.6) is 0 Å². The summed E-state index contributed by atoms with van der Waals surface area (Å²) in [6.07, 6.45) is 1.61. The first kappa shape index (κ1) is 23.6. The largest absolute Gasteiger partial charge is 0.467 e. The van der Waals surface area contributed by atoms with E-state index in [0.717, 1.165) is 17.3 Å². The zero-order valence-electron chi connectivity index (χ0n) is 16.6. The SMILES string of the molecule is C=CCn1c(N)cc(=O)nc1SCC(=O)NC(CSCc1ccccc1)C(=O)OC. The summed E-state index contributed by atoms with van der Waals surface area (Å²) in [5, 5.41) is 2.99. The molecule has 1 aromatic heterocycles. The summed E-state index contributed by atoms with van der Waals surface area (Å²) in [6, 6.07) is 10.3. The molecule has 0 aliphatic heterocycles. The highest BCUT2D eigenvalue weighted by Gasteiger charge is 2.22. The molecule has 0 spiro atoms. The van der Waals surface area contributed by atoms with Crippen molar-refractivity contribution in [3.05, 3.63) is 65.0 Å². The molecule has 160 valence electrons. The molecule has 2 rings (SSSR count). The smallest absolute Gasteiger partial charge is 0.329 e. The van der Waals surface area contributed by atoms with Gasteiger partial charge < -0.3 is 20.4 Å². The van der Waals surface area contributed by atoms with E-state index in [9.17, 15) is 14.4 Å². The summed E-state index contributed by atoms with van der Waals surface area (Å²) >= 11 is 2.58. The van der Waals surface area contributed by atoms with Gasteiger partial charge in [-0.2, -0.15) is 16.7 Å². The van der Waals surface area contributed by atoms with Crippen LogP contribution in [0.3, 0.4) is 0 Å². The molecule has 0 saturated carbocycles. The Hall–Kier alpha value is -2.72. The first-order valence-corrected chi connectivity index (χ1v) is 11.2. The third kappa shape index (κ3) is 7.27. The summed E-state index contributed by atoms with van der Waals surface area (Å²) in [6.45, 7) is 4.00. The molecule has 1 unspecified atom stereocenters. The van der Waals surface area contributed by atoms with E-state index in [1.807, 2.05) is 30.3 Å². The number of carbonyl (C=O) groups is 2. The standard InChI is InChI=1S/C20H24N4O4S2/c1-3-9-24-16(21)10-17(25)23-20(24)30-13-18(26)22-15(19(27)28-2)12-29-11-14-7-5-4-6-8-14/h3-8,10,15H,1,9,11-13,21H2,2H3,(H,22,26). The van der Waals surface area contributed by atoms with E-state index < -0.39 is 17.6 Å². The Morgan fingerprint density at radius 1 is 1.37 bits per heavy atom. The van der Waals surface area contributed by atoms with Crippen LogP contribution in [0.15, 0.2) is 59.0 Å². The average molecular weight is 449 g/mol. The number of ether oxygens (including phenoxy) is 1. The Bertz CT molecular complexity index is 934. The number of nitrogens with two attached hydrogens (primary N) is 1. The number of hydrogen-bond donors (Lipinski definition) is 2. The lowest BCUT2D eigenvalue weighted by Gasteiger charge is -2.17. The summed E-state index contributed by atoms with van der Waals surface area (Å²) in [4.78, 5) is 40.0. The van der Waals surface area contributed by atoms with Gasteiger partial charge in [0.25, 0.3) is 5.56 Å². The van der Waals surface area contributed by atoms with Gasteiger partial charge in [-0.25, -0.2) is 4.79 Å².